The summed E-state index contributed by atoms with van der Waals surface area (Å²) in [6, 6.07) is 9.07. The molecular weight excluding hydrogens is 156 g/mol. The van der Waals surface area contributed by atoms with Gasteiger partial charge in [0.1, 0.15) is 0 Å². The molecule has 0 saturated heterocycles. The van der Waals surface area contributed by atoms with Gasteiger partial charge in [-0.2, -0.15) is 0 Å². The maximum Gasteiger partial charge on any atom is -0.0105 e. The molecule has 1 saturated carbocycles. The summed E-state index contributed by atoms with van der Waals surface area (Å²) in [5.74, 6) is 0.819. The van der Waals surface area contributed by atoms with E-state index in [9.17, 15) is 0 Å². The molecule has 1 fully saturated rings. The number of aryl methyl sites for hydroxylation is 1. The van der Waals surface area contributed by atoms with Crippen molar-refractivity contribution in [3.63, 3.8) is 0 Å². The molecular formula is C13H18. The summed E-state index contributed by atoms with van der Waals surface area (Å²) in [4.78, 5) is 0. The van der Waals surface area contributed by atoms with Crippen molar-refractivity contribution < 1.29 is 0 Å². The molecule has 0 aliphatic heterocycles. The zero-order valence-electron chi connectivity index (χ0n) is 8.80. The predicted molar refractivity (Wildman–Crippen MR) is 57.0 cm³/mol. The average Bonchev–Trinajstić information content (AvgIpc) is 2.76. The minimum Gasteiger partial charge on any atom is -0.0617 e. The van der Waals surface area contributed by atoms with Crippen LogP contribution in [0.3, 0.4) is 0 Å². The Kier molecular flexibility index (Phi) is 1.94. The molecule has 1 aromatic carbocycles. The van der Waals surface area contributed by atoms with Crippen molar-refractivity contribution in [1.29, 1.82) is 0 Å². The van der Waals surface area contributed by atoms with Gasteiger partial charge < -0.3 is 0 Å². The summed E-state index contributed by atoms with van der Waals surface area (Å²) < 4.78 is 0. The summed E-state index contributed by atoms with van der Waals surface area (Å²) in [5.41, 5.74) is 3.58. The minimum absolute atomic E-state index is 0.562. The normalized spacial score (nSPS) is 24.4. The van der Waals surface area contributed by atoms with Crippen molar-refractivity contribution in [1.82, 2.24) is 0 Å². The molecule has 0 aromatic heterocycles. The summed E-state index contributed by atoms with van der Waals surface area (Å²) in [5, 5.41) is 0. The van der Waals surface area contributed by atoms with Crippen LogP contribution in [-0.4, -0.2) is 0 Å². The van der Waals surface area contributed by atoms with Gasteiger partial charge in [-0.1, -0.05) is 45.0 Å². The van der Waals surface area contributed by atoms with E-state index in [1.807, 2.05) is 0 Å². The van der Waals surface area contributed by atoms with Crippen LogP contribution in [0.15, 0.2) is 24.3 Å². The quantitative estimate of drug-likeness (QED) is 0.640. The fourth-order valence-corrected chi connectivity index (χ4v) is 2.07. The Bertz CT molecular complexity index is 310. The molecule has 0 N–H and O–H groups in total. The van der Waals surface area contributed by atoms with Crippen LogP contribution in [0.25, 0.3) is 0 Å². The van der Waals surface area contributed by atoms with Crippen LogP contribution in [0.5, 0.6) is 0 Å². The second kappa shape index (κ2) is 2.87. The van der Waals surface area contributed by atoms with Gasteiger partial charge in [-0.3, -0.25) is 0 Å². The van der Waals surface area contributed by atoms with Crippen LogP contribution in [-0.2, 0) is 6.42 Å². The van der Waals surface area contributed by atoms with Crippen molar-refractivity contribution in [2.45, 2.75) is 39.5 Å². The van der Waals surface area contributed by atoms with Gasteiger partial charge in [-0.05, 0) is 35.3 Å². The first-order chi connectivity index (χ1) is 6.13. The summed E-state index contributed by atoms with van der Waals surface area (Å²) in [6.45, 7) is 6.93. The third-order valence-electron chi connectivity index (χ3n) is 3.28. The molecule has 13 heavy (non-hydrogen) atoms. The molecule has 2 rings (SSSR count). The number of rotatable bonds is 2. The van der Waals surface area contributed by atoms with Crippen molar-refractivity contribution in [3.8, 4) is 0 Å². The molecule has 0 radical (unpaired) electrons. The molecule has 0 amide bonds. The Morgan fingerprint density at radius 2 is 2.08 bits per heavy atom. The third-order valence-corrected chi connectivity index (χ3v) is 3.28. The van der Waals surface area contributed by atoms with Crippen molar-refractivity contribution >= 4 is 0 Å². The van der Waals surface area contributed by atoms with Crippen molar-refractivity contribution in [2.75, 3.05) is 0 Å². The molecule has 1 aliphatic rings. The Morgan fingerprint density at radius 3 is 2.62 bits per heavy atom. The average molecular weight is 174 g/mol. The monoisotopic (exact) mass is 174 g/mol. The van der Waals surface area contributed by atoms with Crippen molar-refractivity contribution in [3.05, 3.63) is 35.4 Å². The number of hydrogen-bond acceptors (Lipinski definition) is 0. The summed E-state index contributed by atoms with van der Waals surface area (Å²) >= 11 is 0. The molecule has 1 atom stereocenters. The first-order valence-electron chi connectivity index (χ1n) is 5.22. The van der Waals surface area contributed by atoms with Gasteiger partial charge in [-0.15, -0.1) is 0 Å². The lowest BCUT2D eigenvalue weighted by atomic mass is 10.0. The van der Waals surface area contributed by atoms with E-state index in [4.69, 9.17) is 0 Å². The maximum atomic E-state index is 2.37. The first kappa shape index (κ1) is 8.80. The van der Waals surface area contributed by atoms with Crippen LogP contribution >= 0.6 is 0 Å². The van der Waals surface area contributed by atoms with Crippen LogP contribution in [0.2, 0.25) is 0 Å². The van der Waals surface area contributed by atoms with Crippen LogP contribution in [0.1, 0.15) is 44.2 Å². The highest BCUT2D eigenvalue weighted by atomic mass is 14.5. The maximum absolute atomic E-state index is 2.37. The van der Waals surface area contributed by atoms with Gasteiger partial charge in [0, 0.05) is 0 Å². The zero-order chi connectivity index (χ0) is 9.47. The summed E-state index contributed by atoms with van der Waals surface area (Å²) in [7, 11) is 0. The fraction of sp³-hybridized carbons (Fsp3) is 0.538. The van der Waals surface area contributed by atoms with Gasteiger partial charge in [0.05, 0.1) is 0 Å². The number of benzene rings is 1. The summed E-state index contributed by atoms with van der Waals surface area (Å²) in [6.07, 6.45) is 2.52. The van der Waals surface area contributed by atoms with Gasteiger partial charge in [0.15, 0.2) is 0 Å². The van der Waals surface area contributed by atoms with E-state index in [2.05, 4.69) is 45.0 Å². The van der Waals surface area contributed by atoms with Crippen LogP contribution < -0.4 is 0 Å². The molecule has 70 valence electrons. The number of hydrogen-bond donors (Lipinski definition) is 0. The molecule has 0 bridgehead atoms. The highest BCUT2D eigenvalue weighted by Gasteiger charge is 2.46. The largest absolute Gasteiger partial charge is 0.0617 e. The SMILES string of the molecule is CCc1cccc([C@@H]2CC2(C)C)c1. The lowest BCUT2D eigenvalue weighted by Gasteiger charge is -2.05. The van der Waals surface area contributed by atoms with Gasteiger partial charge >= 0.3 is 0 Å². The second-order valence-corrected chi connectivity index (χ2v) is 4.84. The Hall–Kier alpha value is -0.780. The van der Waals surface area contributed by atoms with E-state index < -0.39 is 0 Å². The molecule has 1 aromatic rings. The Balaban J connectivity index is 2.23. The van der Waals surface area contributed by atoms with Crippen molar-refractivity contribution in [2.24, 2.45) is 5.41 Å². The van der Waals surface area contributed by atoms with E-state index in [1.54, 1.807) is 5.56 Å². The first-order valence-corrected chi connectivity index (χ1v) is 5.22. The van der Waals surface area contributed by atoms with Crippen LogP contribution in [0, 0.1) is 5.41 Å². The van der Waals surface area contributed by atoms with Gasteiger partial charge in [-0.25, -0.2) is 0 Å². The molecule has 1 aliphatic carbocycles. The smallest absolute Gasteiger partial charge is 0.0105 e. The molecule has 0 nitrogen and oxygen atoms in total. The molecule has 0 heterocycles. The molecule has 0 spiro atoms. The topological polar surface area (TPSA) is 0 Å². The van der Waals surface area contributed by atoms with E-state index >= 15 is 0 Å². The van der Waals surface area contributed by atoms with E-state index in [-0.39, 0.29) is 0 Å². The minimum atomic E-state index is 0.562. The van der Waals surface area contributed by atoms with Gasteiger partial charge in [0.25, 0.3) is 0 Å². The van der Waals surface area contributed by atoms with E-state index in [1.165, 1.54) is 12.0 Å². The third kappa shape index (κ3) is 1.63. The molecule has 0 heteroatoms. The lowest BCUT2D eigenvalue weighted by Crippen LogP contribution is -1.91. The Labute approximate surface area is 81.0 Å². The second-order valence-electron chi connectivity index (χ2n) is 4.84. The highest BCUT2D eigenvalue weighted by Crippen LogP contribution is 2.58. The molecule has 0 unspecified atom stereocenters. The van der Waals surface area contributed by atoms with Gasteiger partial charge in [0.2, 0.25) is 0 Å². The predicted octanol–water partition coefficient (Wildman–Crippen LogP) is 3.76. The Morgan fingerprint density at radius 1 is 1.38 bits per heavy atom. The highest BCUT2D eigenvalue weighted by molar-refractivity contribution is 5.32. The van der Waals surface area contributed by atoms with E-state index in [0.29, 0.717) is 5.41 Å². The van der Waals surface area contributed by atoms with Crippen LogP contribution in [0.4, 0.5) is 0 Å². The van der Waals surface area contributed by atoms with E-state index in [0.717, 1.165) is 12.3 Å². The lowest BCUT2D eigenvalue weighted by molar-refractivity contribution is 0.621. The zero-order valence-corrected chi connectivity index (χ0v) is 8.80. The fourth-order valence-electron chi connectivity index (χ4n) is 2.07. The standard InChI is InChI=1S/C13H18/c1-4-10-6-5-7-11(8-10)12-9-13(12,2)3/h5-8,12H,4,9H2,1-3H3/t12-/m0/s1.